The molecule has 0 aromatic heterocycles. The summed E-state index contributed by atoms with van der Waals surface area (Å²) in [4.78, 5) is 12.4. The Balaban J connectivity index is 1.90. The van der Waals surface area contributed by atoms with E-state index in [1.54, 1.807) is 0 Å². The molecule has 1 aromatic rings. The summed E-state index contributed by atoms with van der Waals surface area (Å²) in [5.41, 5.74) is 2.41. The minimum absolute atomic E-state index is 0.352. The van der Waals surface area contributed by atoms with Crippen LogP contribution in [0, 0.1) is 17.8 Å². The Labute approximate surface area is 95.9 Å². The molecule has 1 aromatic carbocycles. The van der Waals surface area contributed by atoms with Gasteiger partial charge in [0.05, 0.1) is 0 Å². The van der Waals surface area contributed by atoms with Gasteiger partial charge in [-0.25, -0.2) is 0 Å². The third kappa shape index (κ3) is 0.946. The molecule has 0 heterocycles. The zero-order chi connectivity index (χ0) is 10.7. The highest BCUT2D eigenvalue weighted by Crippen LogP contribution is 2.58. The van der Waals surface area contributed by atoms with E-state index in [4.69, 9.17) is 0 Å². The summed E-state index contributed by atoms with van der Waals surface area (Å²) in [5, 5.41) is 0. The Bertz CT molecular complexity index is 454. The molecule has 3 fully saturated rings. The zero-order valence-corrected chi connectivity index (χ0v) is 9.36. The van der Waals surface area contributed by atoms with Gasteiger partial charge in [0.1, 0.15) is 0 Å². The van der Waals surface area contributed by atoms with E-state index in [2.05, 4.69) is 12.1 Å². The molecule has 2 bridgehead atoms. The molecule has 1 nitrogen and oxygen atoms in total. The van der Waals surface area contributed by atoms with Crippen molar-refractivity contribution in [3.05, 3.63) is 35.4 Å². The number of carbonyl (C=O) groups excluding carboxylic acids is 1. The van der Waals surface area contributed by atoms with Gasteiger partial charge < -0.3 is 0 Å². The van der Waals surface area contributed by atoms with Crippen molar-refractivity contribution >= 4 is 5.78 Å². The maximum atomic E-state index is 12.4. The van der Waals surface area contributed by atoms with Gasteiger partial charge in [-0.3, -0.25) is 4.79 Å². The van der Waals surface area contributed by atoms with Gasteiger partial charge in [0.15, 0.2) is 5.78 Å². The largest absolute Gasteiger partial charge is 0.294 e. The van der Waals surface area contributed by atoms with Crippen molar-refractivity contribution in [3.63, 3.8) is 0 Å². The third-order valence-electron chi connectivity index (χ3n) is 5.11. The Kier molecular flexibility index (Phi) is 1.66. The second-order valence-corrected chi connectivity index (χ2v) is 5.68. The van der Waals surface area contributed by atoms with Crippen molar-refractivity contribution in [3.8, 4) is 0 Å². The summed E-state index contributed by atoms with van der Waals surface area (Å²) in [6.07, 6.45) is 5.30. The molecule has 4 aliphatic rings. The van der Waals surface area contributed by atoms with Crippen LogP contribution in [-0.4, -0.2) is 5.78 Å². The van der Waals surface area contributed by atoms with Crippen molar-refractivity contribution in [1.82, 2.24) is 0 Å². The Morgan fingerprint density at radius 3 is 2.25 bits per heavy atom. The van der Waals surface area contributed by atoms with Gasteiger partial charge >= 0.3 is 0 Å². The van der Waals surface area contributed by atoms with Gasteiger partial charge in [0.25, 0.3) is 0 Å². The first kappa shape index (κ1) is 8.98. The van der Waals surface area contributed by atoms with Gasteiger partial charge in [-0.05, 0) is 49.0 Å². The number of benzene rings is 1. The molecule has 0 N–H and O–H groups in total. The molecular weight excluding hydrogens is 196 g/mol. The van der Waals surface area contributed by atoms with Crippen LogP contribution in [0.2, 0.25) is 0 Å². The van der Waals surface area contributed by atoms with Crippen LogP contribution in [0.4, 0.5) is 0 Å². The predicted molar refractivity (Wildman–Crippen MR) is 62.5 cm³/mol. The van der Waals surface area contributed by atoms with Crippen LogP contribution in [0.25, 0.3) is 0 Å². The van der Waals surface area contributed by atoms with Gasteiger partial charge in [0, 0.05) is 11.5 Å². The first-order valence-corrected chi connectivity index (χ1v) is 6.49. The fourth-order valence-electron chi connectivity index (χ4n) is 4.47. The number of ketones is 1. The summed E-state index contributed by atoms with van der Waals surface area (Å²) in [5.74, 6) is 2.87. The van der Waals surface area contributed by atoms with E-state index in [1.807, 2.05) is 12.1 Å². The lowest BCUT2D eigenvalue weighted by molar-refractivity contribution is 0.0566. The molecule has 2 unspecified atom stereocenters. The molecule has 2 atom stereocenters. The number of Topliss-reactive ketones (excluding diaryl/α,β-unsaturated/α-hetero) is 1. The van der Waals surface area contributed by atoms with Crippen LogP contribution >= 0.6 is 0 Å². The SMILES string of the molecule is O=C1c2ccccc2C2C3CCC(CC3)C12. The summed E-state index contributed by atoms with van der Waals surface area (Å²) in [7, 11) is 0. The van der Waals surface area contributed by atoms with Crippen LogP contribution in [0.3, 0.4) is 0 Å². The van der Waals surface area contributed by atoms with Crippen molar-refractivity contribution in [1.29, 1.82) is 0 Å². The van der Waals surface area contributed by atoms with E-state index in [9.17, 15) is 4.79 Å². The van der Waals surface area contributed by atoms with E-state index < -0.39 is 0 Å². The second-order valence-electron chi connectivity index (χ2n) is 5.68. The summed E-state index contributed by atoms with van der Waals surface area (Å²) in [6.45, 7) is 0. The minimum Gasteiger partial charge on any atom is -0.294 e. The minimum atomic E-state index is 0.352. The molecular formula is C15H16O. The number of rotatable bonds is 0. The molecule has 4 aliphatic carbocycles. The second kappa shape index (κ2) is 2.97. The van der Waals surface area contributed by atoms with Gasteiger partial charge in [-0.1, -0.05) is 24.3 Å². The highest BCUT2D eigenvalue weighted by molar-refractivity contribution is 6.03. The van der Waals surface area contributed by atoms with E-state index in [0.717, 1.165) is 11.5 Å². The standard InChI is InChI=1S/C15H16O/c16-15-12-4-2-1-3-11(12)13-9-5-7-10(8-6-9)14(13)15/h1-4,9-10,13-14H,5-8H2. The zero-order valence-electron chi connectivity index (χ0n) is 9.36. The lowest BCUT2D eigenvalue weighted by Gasteiger charge is -2.45. The lowest BCUT2D eigenvalue weighted by atomic mass is 9.59. The molecule has 1 heteroatoms. The van der Waals surface area contributed by atoms with E-state index >= 15 is 0 Å². The van der Waals surface area contributed by atoms with Gasteiger partial charge in [-0.15, -0.1) is 0 Å². The van der Waals surface area contributed by atoms with Gasteiger partial charge in [0.2, 0.25) is 0 Å². The quantitative estimate of drug-likeness (QED) is 0.644. The first-order chi connectivity index (χ1) is 7.86. The van der Waals surface area contributed by atoms with Gasteiger partial charge in [-0.2, -0.15) is 0 Å². The molecule has 0 saturated heterocycles. The normalized spacial score (nSPS) is 39.6. The average Bonchev–Trinajstić information content (AvgIpc) is 2.68. The molecule has 82 valence electrons. The highest BCUT2D eigenvalue weighted by Gasteiger charge is 2.52. The number of hydrogen-bond acceptors (Lipinski definition) is 1. The van der Waals surface area contributed by atoms with E-state index in [1.165, 1.54) is 31.2 Å². The fraction of sp³-hybridized carbons (Fsp3) is 0.533. The summed E-state index contributed by atoms with van der Waals surface area (Å²) >= 11 is 0. The molecule has 0 aliphatic heterocycles. The topological polar surface area (TPSA) is 17.1 Å². The van der Waals surface area contributed by atoms with E-state index in [0.29, 0.717) is 23.5 Å². The monoisotopic (exact) mass is 212 g/mol. The summed E-state index contributed by atoms with van der Waals surface area (Å²) in [6, 6.07) is 8.33. The Hall–Kier alpha value is -1.11. The van der Waals surface area contributed by atoms with Crippen LogP contribution < -0.4 is 0 Å². The number of fused-ring (bicyclic) bond motifs is 3. The van der Waals surface area contributed by atoms with Crippen molar-refractivity contribution in [2.45, 2.75) is 31.6 Å². The molecule has 0 radical (unpaired) electrons. The first-order valence-electron chi connectivity index (χ1n) is 6.49. The smallest absolute Gasteiger partial charge is 0.167 e. The van der Waals surface area contributed by atoms with Crippen molar-refractivity contribution < 1.29 is 4.79 Å². The van der Waals surface area contributed by atoms with Crippen LogP contribution in [-0.2, 0) is 0 Å². The van der Waals surface area contributed by atoms with Crippen molar-refractivity contribution in [2.24, 2.45) is 17.8 Å². The predicted octanol–water partition coefficient (Wildman–Crippen LogP) is 3.40. The van der Waals surface area contributed by atoms with Crippen LogP contribution in [0.1, 0.15) is 47.5 Å². The summed E-state index contributed by atoms with van der Waals surface area (Å²) < 4.78 is 0. The Morgan fingerprint density at radius 1 is 0.875 bits per heavy atom. The maximum Gasteiger partial charge on any atom is 0.167 e. The number of carbonyl (C=O) groups is 1. The maximum absolute atomic E-state index is 12.4. The molecule has 3 saturated carbocycles. The van der Waals surface area contributed by atoms with Crippen molar-refractivity contribution in [2.75, 3.05) is 0 Å². The van der Waals surface area contributed by atoms with Crippen LogP contribution in [0.5, 0.6) is 0 Å². The van der Waals surface area contributed by atoms with E-state index in [-0.39, 0.29) is 0 Å². The molecule has 0 spiro atoms. The third-order valence-corrected chi connectivity index (χ3v) is 5.11. The molecule has 16 heavy (non-hydrogen) atoms. The Morgan fingerprint density at radius 2 is 1.50 bits per heavy atom. The highest BCUT2D eigenvalue weighted by atomic mass is 16.1. The number of hydrogen-bond donors (Lipinski definition) is 0. The molecule has 0 amide bonds. The van der Waals surface area contributed by atoms with Crippen LogP contribution in [0.15, 0.2) is 24.3 Å². The lowest BCUT2D eigenvalue weighted by Crippen LogP contribution is -2.38. The fourth-order valence-corrected chi connectivity index (χ4v) is 4.47. The molecule has 5 rings (SSSR count). The average molecular weight is 212 g/mol.